The highest BCUT2D eigenvalue weighted by molar-refractivity contribution is 7.99. The Balaban J connectivity index is 1.80. The van der Waals surface area contributed by atoms with Crippen LogP contribution < -0.4 is 15.4 Å². The minimum atomic E-state index is -0.496. The number of rotatable bonds is 9. The van der Waals surface area contributed by atoms with Crippen LogP contribution in [0.3, 0.4) is 0 Å². The van der Waals surface area contributed by atoms with Gasteiger partial charge < -0.3 is 14.5 Å². The van der Waals surface area contributed by atoms with Crippen LogP contribution in [0.4, 0.5) is 4.79 Å². The molecule has 0 aliphatic carbocycles. The summed E-state index contributed by atoms with van der Waals surface area (Å²) in [4.78, 5) is 23.2. The Bertz CT molecular complexity index is 718. The molecule has 0 saturated heterocycles. The second kappa shape index (κ2) is 10.4. The Hall–Kier alpha value is -2.55. The smallest absolute Gasteiger partial charge is 0.321 e. The number of urea groups is 1. The molecule has 0 spiro atoms. The van der Waals surface area contributed by atoms with Gasteiger partial charge in [0, 0.05) is 12.1 Å². The van der Waals surface area contributed by atoms with Gasteiger partial charge in [-0.25, -0.2) is 4.79 Å². The number of imide groups is 1. The maximum atomic E-state index is 11.7. The van der Waals surface area contributed by atoms with Crippen LogP contribution in [-0.4, -0.2) is 41.0 Å². The number of hydrogen-bond donors (Lipinski definition) is 2. The van der Waals surface area contributed by atoms with Gasteiger partial charge in [0.05, 0.1) is 12.4 Å². The number of thioether (sulfide) groups is 1. The molecule has 26 heavy (non-hydrogen) atoms. The fourth-order valence-electron chi connectivity index (χ4n) is 1.96. The minimum Gasteiger partial charge on any atom is -0.494 e. The third-order valence-electron chi connectivity index (χ3n) is 3.21. The standard InChI is InChI=1S/C17H22N4O4S/c1-3-5-10-18-16(23)19-14(22)11-26-17-21-20-15(25-17)12-6-8-13(9-7-12)24-4-2/h6-9H,3-5,10-11H2,1-2H3,(H2,18,19,22,23). The maximum absolute atomic E-state index is 11.7. The van der Waals surface area contributed by atoms with Gasteiger partial charge in [-0.15, -0.1) is 10.2 Å². The summed E-state index contributed by atoms with van der Waals surface area (Å²) in [5.74, 6) is 0.698. The molecular weight excluding hydrogens is 356 g/mol. The second-order valence-corrected chi connectivity index (χ2v) is 6.20. The molecule has 140 valence electrons. The van der Waals surface area contributed by atoms with Crippen molar-refractivity contribution in [2.75, 3.05) is 18.9 Å². The van der Waals surface area contributed by atoms with E-state index >= 15 is 0 Å². The van der Waals surface area contributed by atoms with Gasteiger partial charge in [0.15, 0.2) is 0 Å². The highest BCUT2D eigenvalue weighted by atomic mass is 32.2. The van der Waals surface area contributed by atoms with Crippen molar-refractivity contribution < 1.29 is 18.7 Å². The Kier molecular flexibility index (Phi) is 7.94. The van der Waals surface area contributed by atoms with Crippen molar-refractivity contribution in [3.63, 3.8) is 0 Å². The summed E-state index contributed by atoms with van der Waals surface area (Å²) in [5, 5.41) is 13.0. The van der Waals surface area contributed by atoms with Crippen LogP contribution in [0.5, 0.6) is 5.75 Å². The lowest BCUT2D eigenvalue weighted by Gasteiger charge is -2.04. The Morgan fingerprint density at radius 1 is 1.19 bits per heavy atom. The Labute approximate surface area is 156 Å². The average molecular weight is 378 g/mol. The number of amides is 3. The molecule has 0 fully saturated rings. The van der Waals surface area contributed by atoms with Gasteiger partial charge in [0.1, 0.15) is 5.75 Å². The van der Waals surface area contributed by atoms with E-state index in [0.29, 0.717) is 19.0 Å². The van der Waals surface area contributed by atoms with E-state index in [-0.39, 0.29) is 11.0 Å². The molecule has 0 saturated carbocycles. The van der Waals surface area contributed by atoms with Gasteiger partial charge >= 0.3 is 6.03 Å². The molecule has 0 unspecified atom stereocenters. The van der Waals surface area contributed by atoms with Gasteiger partial charge in [-0.2, -0.15) is 0 Å². The van der Waals surface area contributed by atoms with Crippen molar-refractivity contribution in [1.82, 2.24) is 20.8 Å². The van der Waals surface area contributed by atoms with Gasteiger partial charge in [-0.05, 0) is 37.6 Å². The molecule has 2 rings (SSSR count). The molecular formula is C17H22N4O4S. The summed E-state index contributed by atoms with van der Waals surface area (Å²) in [7, 11) is 0. The van der Waals surface area contributed by atoms with E-state index in [0.717, 1.165) is 35.9 Å². The van der Waals surface area contributed by atoms with Crippen LogP contribution >= 0.6 is 11.8 Å². The van der Waals surface area contributed by atoms with Crippen molar-refractivity contribution in [3.05, 3.63) is 24.3 Å². The fourth-order valence-corrected chi connectivity index (χ4v) is 2.52. The lowest BCUT2D eigenvalue weighted by Crippen LogP contribution is -2.40. The van der Waals surface area contributed by atoms with E-state index in [1.807, 2.05) is 38.1 Å². The van der Waals surface area contributed by atoms with E-state index in [1.54, 1.807) is 0 Å². The highest BCUT2D eigenvalue weighted by Gasteiger charge is 2.13. The normalized spacial score (nSPS) is 10.4. The van der Waals surface area contributed by atoms with Crippen LogP contribution in [-0.2, 0) is 4.79 Å². The summed E-state index contributed by atoms with van der Waals surface area (Å²) >= 11 is 1.07. The number of aromatic nitrogens is 2. The summed E-state index contributed by atoms with van der Waals surface area (Å²) in [6.07, 6.45) is 1.84. The molecule has 1 aromatic heterocycles. The lowest BCUT2D eigenvalue weighted by molar-refractivity contribution is -0.117. The predicted octanol–water partition coefficient (Wildman–Crippen LogP) is 2.85. The zero-order valence-electron chi connectivity index (χ0n) is 14.8. The number of carbonyl (C=O) groups excluding carboxylic acids is 2. The SMILES string of the molecule is CCCCNC(=O)NC(=O)CSc1nnc(-c2ccc(OCC)cc2)o1. The number of carbonyl (C=O) groups is 2. The number of nitrogens with zero attached hydrogens (tertiary/aromatic N) is 2. The first-order chi connectivity index (χ1) is 12.6. The third kappa shape index (κ3) is 6.40. The molecule has 9 heteroatoms. The largest absolute Gasteiger partial charge is 0.494 e. The van der Waals surface area contributed by atoms with E-state index in [4.69, 9.17) is 9.15 Å². The van der Waals surface area contributed by atoms with Crippen LogP contribution in [0.25, 0.3) is 11.5 Å². The van der Waals surface area contributed by atoms with Gasteiger partial charge in [0.25, 0.3) is 5.22 Å². The highest BCUT2D eigenvalue weighted by Crippen LogP contribution is 2.24. The molecule has 2 aromatic rings. The average Bonchev–Trinajstić information content (AvgIpc) is 3.10. The van der Waals surface area contributed by atoms with Gasteiger partial charge in [-0.1, -0.05) is 25.1 Å². The van der Waals surface area contributed by atoms with Crippen molar-refractivity contribution >= 4 is 23.7 Å². The summed E-state index contributed by atoms with van der Waals surface area (Å²) < 4.78 is 10.9. The number of hydrogen-bond acceptors (Lipinski definition) is 7. The molecule has 8 nitrogen and oxygen atoms in total. The molecule has 0 bridgehead atoms. The summed E-state index contributed by atoms with van der Waals surface area (Å²) in [5.41, 5.74) is 0.757. The van der Waals surface area contributed by atoms with Crippen molar-refractivity contribution in [2.24, 2.45) is 0 Å². The molecule has 2 N–H and O–H groups in total. The van der Waals surface area contributed by atoms with E-state index in [9.17, 15) is 9.59 Å². The van der Waals surface area contributed by atoms with Crippen molar-refractivity contribution in [2.45, 2.75) is 31.9 Å². The van der Waals surface area contributed by atoms with E-state index in [2.05, 4.69) is 20.8 Å². The minimum absolute atomic E-state index is 0.00606. The first-order valence-electron chi connectivity index (χ1n) is 8.39. The van der Waals surface area contributed by atoms with Crippen molar-refractivity contribution in [1.29, 1.82) is 0 Å². The summed E-state index contributed by atoms with van der Waals surface area (Å²) in [6.45, 7) is 5.07. The predicted molar refractivity (Wildman–Crippen MR) is 98.1 cm³/mol. The van der Waals surface area contributed by atoms with Crippen LogP contribution in [0, 0.1) is 0 Å². The molecule has 0 radical (unpaired) electrons. The zero-order chi connectivity index (χ0) is 18.8. The number of unbranched alkanes of at least 4 members (excludes halogenated alkanes) is 1. The topological polar surface area (TPSA) is 106 Å². The second-order valence-electron chi connectivity index (χ2n) is 5.28. The molecule has 1 aromatic carbocycles. The van der Waals surface area contributed by atoms with E-state index < -0.39 is 11.9 Å². The Morgan fingerprint density at radius 3 is 2.65 bits per heavy atom. The van der Waals surface area contributed by atoms with Crippen LogP contribution in [0.1, 0.15) is 26.7 Å². The van der Waals surface area contributed by atoms with Crippen LogP contribution in [0.2, 0.25) is 0 Å². The number of ether oxygens (including phenoxy) is 1. The lowest BCUT2D eigenvalue weighted by atomic mass is 10.2. The van der Waals surface area contributed by atoms with Gasteiger partial charge in [0.2, 0.25) is 11.8 Å². The van der Waals surface area contributed by atoms with Crippen LogP contribution in [0.15, 0.2) is 33.9 Å². The monoisotopic (exact) mass is 378 g/mol. The quantitative estimate of drug-likeness (QED) is 0.510. The number of benzene rings is 1. The van der Waals surface area contributed by atoms with E-state index in [1.165, 1.54) is 0 Å². The van der Waals surface area contributed by atoms with Crippen molar-refractivity contribution in [3.8, 4) is 17.2 Å². The molecule has 0 atom stereocenters. The first-order valence-corrected chi connectivity index (χ1v) is 9.38. The maximum Gasteiger partial charge on any atom is 0.321 e. The fraction of sp³-hybridized carbons (Fsp3) is 0.412. The summed E-state index contributed by atoms with van der Waals surface area (Å²) in [6, 6.07) is 6.78. The molecule has 0 aliphatic heterocycles. The Morgan fingerprint density at radius 2 is 1.96 bits per heavy atom. The van der Waals surface area contributed by atoms with Gasteiger partial charge in [-0.3, -0.25) is 10.1 Å². The third-order valence-corrected chi connectivity index (χ3v) is 4.03. The molecule has 1 heterocycles. The molecule has 0 aliphatic rings. The zero-order valence-corrected chi connectivity index (χ0v) is 15.6. The molecule has 3 amide bonds. The first kappa shape index (κ1) is 19.8. The number of nitrogens with one attached hydrogen (secondary N) is 2.